The van der Waals surface area contributed by atoms with Gasteiger partial charge in [-0.2, -0.15) is 0 Å². The van der Waals surface area contributed by atoms with Crippen LogP contribution in [0.25, 0.3) is 0 Å². The van der Waals surface area contributed by atoms with Crippen molar-refractivity contribution in [1.82, 2.24) is 0 Å². The van der Waals surface area contributed by atoms with E-state index >= 15 is 0 Å². The van der Waals surface area contributed by atoms with Crippen molar-refractivity contribution in [3.8, 4) is 0 Å². The third kappa shape index (κ3) is 5.03. The van der Waals surface area contributed by atoms with Gasteiger partial charge in [-0.15, -0.1) is 11.8 Å². The van der Waals surface area contributed by atoms with Crippen molar-refractivity contribution in [2.45, 2.75) is 56.9 Å². The minimum atomic E-state index is 0.197. The van der Waals surface area contributed by atoms with Crippen LogP contribution in [-0.4, -0.2) is 6.26 Å². The molecule has 0 fully saturated rings. The molecule has 0 amide bonds. The van der Waals surface area contributed by atoms with E-state index in [1.165, 1.54) is 36.1 Å². The van der Waals surface area contributed by atoms with Gasteiger partial charge in [0, 0.05) is 10.9 Å². The van der Waals surface area contributed by atoms with E-state index in [1.807, 2.05) is 0 Å². The molecule has 0 aliphatic carbocycles. The van der Waals surface area contributed by atoms with E-state index in [4.69, 9.17) is 5.73 Å². The fraction of sp³-hybridized carbons (Fsp3) is 0.625. The Kier molecular flexibility index (Phi) is 7.45. The summed E-state index contributed by atoms with van der Waals surface area (Å²) in [5.74, 6) is 0.778. The van der Waals surface area contributed by atoms with Gasteiger partial charge in [0.05, 0.1) is 0 Å². The summed E-state index contributed by atoms with van der Waals surface area (Å²) >= 11 is 1.78. The molecule has 1 nitrogen and oxygen atoms in total. The van der Waals surface area contributed by atoms with Crippen molar-refractivity contribution in [1.29, 1.82) is 0 Å². The summed E-state index contributed by atoms with van der Waals surface area (Å²) < 4.78 is 0. The largest absolute Gasteiger partial charge is 0.324 e. The van der Waals surface area contributed by atoms with E-state index in [1.54, 1.807) is 11.8 Å². The molecule has 0 spiro atoms. The minimum Gasteiger partial charge on any atom is -0.324 e. The maximum atomic E-state index is 6.33. The Labute approximate surface area is 117 Å². The Hall–Kier alpha value is -0.470. The molecule has 18 heavy (non-hydrogen) atoms. The molecule has 0 saturated carbocycles. The van der Waals surface area contributed by atoms with Crippen LogP contribution in [0.2, 0.25) is 0 Å². The van der Waals surface area contributed by atoms with Gasteiger partial charge >= 0.3 is 0 Å². The summed E-state index contributed by atoms with van der Waals surface area (Å²) in [6.45, 7) is 4.54. The molecule has 0 aliphatic heterocycles. The first-order chi connectivity index (χ1) is 8.71. The summed E-state index contributed by atoms with van der Waals surface area (Å²) in [5.41, 5.74) is 7.61. The summed E-state index contributed by atoms with van der Waals surface area (Å²) in [7, 11) is 0. The first-order valence-electron chi connectivity index (χ1n) is 7.10. The van der Waals surface area contributed by atoms with Crippen LogP contribution in [0.4, 0.5) is 0 Å². The van der Waals surface area contributed by atoms with Crippen LogP contribution in [0.15, 0.2) is 29.2 Å². The van der Waals surface area contributed by atoms with Gasteiger partial charge in [-0.3, -0.25) is 0 Å². The van der Waals surface area contributed by atoms with Crippen molar-refractivity contribution >= 4 is 11.8 Å². The van der Waals surface area contributed by atoms with Crippen molar-refractivity contribution in [2.24, 2.45) is 11.7 Å². The predicted octanol–water partition coefficient (Wildman–Crippen LogP) is 5.01. The van der Waals surface area contributed by atoms with Gasteiger partial charge in [0.2, 0.25) is 0 Å². The second-order valence-electron chi connectivity index (χ2n) is 5.03. The number of benzene rings is 1. The van der Waals surface area contributed by atoms with Crippen LogP contribution in [0, 0.1) is 5.92 Å². The third-order valence-electron chi connectivity index (χ3n) is 3.67. The van der Waals surface area contributed by atoms with Crippen LogP contribution in [-0.2, 0) is 0 Å². The molecule has 0 aliphatic rings. The Bertz CT molecular complexity index is 320. The highest BCUT2D eigenvalue weighted by atomic mass is 32.2. The van der Waals surface area contributed by atoms with Crippen LogP contribution in [0.5, 0.6) is 0 Å². The van der Waals surface area contributed by atoms with Crippen molar-refractivity contribution < 1.29 is 0 Å². The lowest BCUT2D eigenvalue weighted by Gasteiger charge is -2.20. The van der Waals surface area contributed by atoms with Gasteiger partial charge in [0.25, 0.3) is 0 Å². The van der Waals surface area contributed by atoms with Crippen LogP contribution < -0.4 is 5.73 Å². The van der Waals surface area contributed by atoms with Gasteiger partial charge in [0.15, 0.2) is 0 Å². The zero-order valence-electron chi connectivity index (χ0n) is 12.0. The molecule has 0 saturated heterocycles. The van der Waals surface area contributed by atoms with Gasteiger partial charge in [-0.1, -0.05) is 51.7 Å². The van der Waals surface area contributed by atoms with Crippen LogP contribution >= 0.6 is 11.8 Å². The zero-order valence-corrected chi connectivity index (χ0v) is 12.8. The summed E-state index contributed by atoms with van der Waals surface area (Å²) in [6.07, 6.45) is 8.41. The number of thioether (sulfide) groups is 1. The highest BCUT2D eigenvalue weighted by Gasteiger charge is 2.13. The van der Waals surface area contributed by atoms with Crippen molar-refractivity contribution in [2.75, 3.05) is 6.26 Å². The number of hydrogen-bond acceptors (Lipinski definition) is 2. The minimum absolute atomic E-state index is 0.197. The molecule has 102 valence electrons. The summed E-state index contributed by atoms with van der Waals surface area (Å²) in [4.78, 5) is 1.31. The maximum absolute atomic E-state index is 6.33. The Morgan fingerprint density at radius 1 is 1.17 bits per heavy atom. The van der Waals surface area contributed by atoms with Crippen LogP contribution in [0.3, 0.4) is 0 Å². The fourth-order valence-electron chi connectivity index (χ4n) is 2.33. The molecule has 1 rings (SSSR count). The lowest BCUT2D eigenvalue weighted by Crippen LogP contribution is -2.15. The van der Waals surface area contributed by atoms with Crippen molar-refractivity contribution in [3.63, 3.8) is 0 Å². The molecule has 1 aromatic carbocycles. The maximum Gasteiger partial charge on any atom is 0.0297 e. The molecule has 2 atom stereocenters. The highest BCUT2D eigenvalue weighted by molar-refractivity contribution is 7.98. The standard InChI is InChI=1S/C16H27NS/c1-4-6-7-13(5-2)12-16(17)14-8-10-15(18-3)11-9-14/h8-11,13,16H,4-7,12,17H2,1-3H3. The van der Waals surface area contributed by atoms with E-state index in [-0.39, 0.29) is 6.04 Å². The lowest BCUT2D eigenvalue weighted by atomic mass is 9.90. The number of rotatable bonds is 8. The number of unbranched alkanes of at least 4 members (excludes halogenated alkanes) is 1. The third-order valence-corrected chi connectivity index (χ3v) is 4.42. The molecule has 1 aromatic rings. The lowest BCUT2D eigenvalue weighted by molar-refractivity contribution is 0.388. The zero-order chi connectivity index (χ0) is 13.4. The quantitative estimate of drug-likeness (QED) is 0.668. The fourth-order valence-corrected chi connectivity index (χ4v) is 2.74. The molecule has 0 aromatic heterocycles. The first-order valence-corrected chi connectivity index (χ1v) is 8.33. The van der Waals surface area contributed by atoms with E-state index in [0.717, 1.165) is 12.3 Å². The Balaban J connectivity index is 2.53. The second-order valence-corrected chi connectivity index (χ2v) is 5.91. The van der Waals surface area contributed by atoms with E-state index in [0.29, 0.717) is 0 Å². The molecule has 0 heterocycles. The average Bonchev–Trinajstić information content (AvgIpc) is 2.43. The molecule has 2 N–H and O–H groups in total. The van der Waals surface area contributed by atoms with Gasteiger partial charge in [0.1, 0.15) is 0 Å². The summed E-state index contributed by atoms with van der Waals surface area (Å²) in [5, 5.41) is 0. The normalized spacial score (nSPS) is 14.4. The molecule has 0 bridgehead atoms. The molecule has 2 heteroatoms. The van der Waals surface area contributed by atoms with E-state index in [2.05, 4.69) is 44.4 Å². The van der Waals surface area contributed by atoms with Gasteiger partial charge in [-0.05, 0) is 36.3 Å². The monoisotopic (exact) mass is 265 g/mol. The van der Waals surface area contributed by atoms with E-state index in [9.17, 15) is 0 Å². The smallest absolute Gasteiger partial charge is 0.0297 e. The predicted molar refractivity (Wildman–Crippen MR) is 83.1 cm³/mol. The average molecular weight is 265 g/mol. The van der Waals surface area contributed by atoms with Crippen LogP contribution in [0.1, 0.15) is 57.6 Å². The molecule has 0 radical (unpaired) electrons. The molecule has 2 unspecified atom stereocenters. The molecular weight excluding hydrogens is 238 g/mol. The topological polar surface area (TPSA) is 26.0 Å². The molecular formula is C16H27NS. The number of nitrogens with two attached hydrogens (primary N) is 1. The SMILES string of the molecule is CCCCC(CC)CC(N)c1ccc(SC)cc1. The first kappa shape index (κ1) is 15.6. The van der Waals surface area contributed by atoms with Gasteiger partial charge < -0.3 is 5.73 Å². The highest BCUT2D eigenvalue weighted by Crippen LogP contribution is 2.26. The Morgan fingerprint density at radius 3 is 2.33 bits per heavy atom. The van der Waals surface area contributed by atoms with E-state index < -0.39 is 0 Å². The van der Waals surface area contributed by atoms with Crippen molar-refractivity contribution in [3.05, 3.63) is 29.8 Å². The summed E-state index contributed by atoms with van der Waals surface area (Å²) in [6, 6.07) is 8.91. The second kappa shape index (κ2) is 8.60. The Morgan fingerprint density at radius 2 is 1.83 bits per heavy atom. The van der Waals surface area contributed by atoms with Gasteiger partial charge in [-0.25, -0.2) is 0 Å². The number of hydrogen-bond donors (Lipinski definition) is 1.